The number of thioether (sulfide) groups is 1. The minimum Gasteiger partial charge on any atom is -0.462 e. The van der Waals surface area contributed by atoms with E-state index < -0.39 is 0 Å². The van der Waals surface area contributed by atoms with Crippen molar-refractivity contribution in [2.75, 3.05) is 5.75 Å². The zero-order valence-electron chi connectivity index (χ0n) is 15.3. The van der Waals surface area contributed by atoms with E-state index >= 15 is 0 Å². The van der Waals surface area contributed by atoms with E-state index in [4.69, 9.17) is 4.74 Å². The second-order valence-electron chi connectivity index (χ2n) is 7.05. The van der Waals surface area contributed by atoms with Crippen LogP contribution in [0.3, 0.4) is 0 Å². The third kappa shape index (κ3) is 4.50. The standard InChI is InChI=1S/C21H22N2O2S2/c1-14-6-5-9-16(10-14)25-19(24)12-26-20-17-11-18(15-7-3-2-4-8-15)27-21(17)23-13-22-20/h2-4,7-8,11,13-14,16H,5-6,9-10,12H2,1H3/t14-,16-/m0/s1. The van der Waals surface area contributed by atoms with Crippen LogP contribution in [0.4, 0.5) is 0 Å². The summed E-state index contributed by atoms with van der Waals surface area (Å²) in [6.07, 6.45) is 6.02. The van der Waals surface area contributed by atoms with E-state index in [2.05, 4.69) is 35.1 Å². The molecule has 2 heterocycles. The maximum atomic E-state index is 12.3. The van der Waals surface area contributed by atoms with Crippen molar-refractivity contribution in [2.24, 2.45) is 5.92 Å². The minimum atomic E-state index is -0.149. The van der Waals surface area contributed by atoms with Gasteiger partial charge in [0.2, 0.25) is 0 Å². The van der Waals surface area contributed by atoms with E-state index in [0.29, 0.717) is 5.92 Å². The van der Waals surface area contributed by atoms with E-state index in [9.17, 15) is 4.79 Å². The maximum absolute atomic E-state index is 12.3. The molecule has 1 saturated carbocycles. The van der Waals surface area contributed by atoms with Crippen LogP contribution in [-0.2, 0) is 9.53 Å². The summed E-state index contributed by atoms with van der Waals surface area (Å²) in [5.41, 5.74) is 1.17. The molecule has 0 saturated heterocycles. The van der Waals surface area contributed by atoms with Gasteiger partial charge in [0, 0.05) is 10.3 Å². The molecule has 1 aromatic carbocycles. The Morgan fingerprint density at radius 3 is 2.93 bits per heavy atom. The number of nitrogens with zero attached hydrogens (tertiary/aromatic N) is 2. The molecule has 4 rings (SSSR count). The van der Waals surface area contributed by atoms with Gasteiger partial charge in [-0.25, -0.2) is 9.97 Å². The topological polar surface area (TPSA) is 52.1 Å². The Labute approximate surface area is 167 Å². The largest absolute Gasteiger partial charge is 0.462 e. The Bertz CT molecular complexity index is 926. The van der Waals surface area contributed by atoms with Crippen LogP contribution in [0.2, 0.25) is 0 Å². The zero-order valence-corrected chi connectivity index (χ0v) is 16.9. The summed E-state index contributed by atoms with van der Waals surface area (Å²) < 4.78 is 5.67. The fourth-order valence-corrected chi connectivity index (χ4v) is 5.35. The van der Waals surface area contributed by atoms with Crippen molar-refractivity contribution in [1.82, 2.24) is 9.97 Å². The number of hydrogen-bond acceptors (Lipinski definition) is 6. The molecule has 0 unspecified atom stereocenters. The number of rotatable bonds is 5. The van der Waals surface area contributed by atoms with Gasteiger partial charge in [0.15, 0.2) is 0 Å². The summed E-state index contributed by atoms with van der Waals surface area (Å²) in [7, 11) is 0. The van der Waals surface area contributed by atoms with Crippen molar-refractivity contribution in [2.45, 2.75) is 43.7 Å². The third-order valence-corrected chi connectivity index (χ3v) is 6.94. The average Bonchev–Trinajstić information content (AvgIpc) is 3.12. The summed E-state index contributed by atoms with van der Waals surface area (Å²) in [6, 6.07) is 12.4. The first-order valence-corrected chi connectivity index (χ1v) is 11.1. The summed E-state index contributed by atoms with van der Waals surface area (Å²) in [5.74, 6) is 0.783. The van der Waals surface area contributed by atoms with E-state index in [0.717, 1.165) is 39.4 Å². The molecule has 4 nitrogen and oxygen atoms in total. The molecule has 1 aliphatic carbocycles. The first-order chi connectivity index (χ1) is 13.2. The highest BCUT2D eigenvalue weighted by Gasteiger charge is 2.22. The number of ether oxygens (including phenoxy) is 1. The van der Waals surface area contributed by atoms with Crippen LogP contribution in [0.25, 0.3) is 20.7 Å². The molecule has 2 aromatic heterocycles. The van der Waals surface area contributed by atoms with Crippen LogP contribution in [0.5, 0.6) is 0 Å². The minimum absolute atomic E-state index is 0.0816. The molecule has 0 N–H and O–H groups in total. The molecule has 1 aliphatic rings. The monoisotopic (exact) mass is 398 g/mol. The molecule has 0 bridgehead atoms. The van der Waals surface area contributed by atoms with E-state index in [-0.39, 0.29) is 17.8 Å². The van der Waals surface area contributed by atoms with E-state index in [1.165, 1.54) is 23.7 Å². The van der Waals surface area contributed by atoms with Crippen molar-refractivity contribution in [3.05, 3.63) is 42.7 Å². The fraction of sp³-hybridized carbons (Fsp3) is 0.381. The van der Waals surface area contributed by atoms with Gasteiger partial charge in [-0.15, -0.1) is 11.3 Å². The first kappa shape index (κ1) is 18.4. The number of benzene rings is 1. The first-order valence-electron chi connectivity index (χ1n) is 9.31. The highest BCUT2D eigenvalue weighted by atomic mass is 32.2. The number of thiophene rings is 1. The average molecular weight is 399 g/mol. The smallest absolute Gasteiger partial charge is 0.316 e. The quantitative estimate of drug-likeness (QED) is 0.319. The number of aromatic nitrogens is 2. The molecule has 140 valence electrons. The van der Waals surface area contributed by atoms with Crippen LogP contribution in [0, 0.1) is 5.92 Å². The van der Waals surface area contributed by atoms with Gasteiger partial charge in [0.25, 0.3) is 0 Å². The number of carbonyl (C=O) groups is 1. The van der Waals surface area contributed by atoms with Gasteiger partial charge in [-0.05, 0) is 36.8 Å². The lowest BCUT2D eigenvalue weighted by atomic mass is 9.89. The Morgan fingerprint density at radius 2 is 2.11 bits per heavy atom. The van der Waals surface area contributed by atoms with E-state index in [1.54, 1.807) is 17.7 Å². The van der Waals surface area contributed by atoms with E-state index in [1.807, 2.05) is 18.2 Å². The van der Waals surface area contributed by atoms with Crippen molar-refractivity contribution in [3.8, 4) is 10.4 Å². The lowest BCUT2D eigenvalue weighted by Crippen LogP contribution is -2.25. The highest BCUT2D eigenvalue weighted by Crippen LogP contribution is 2.36. The molecular formula is C21H22N2O2S2. The van der Waals surface area contributed by atoms with Gasteiger partial charge in [0.1, 0.15) is 22.3 Å². The molecule has 6 heteroatoms. The molecule has 0 radical (unpaired) electrons. The number of esters is 1. The maximum Gasteiger partial charge on any atom is 0.316 e. The lowest BCUT2D eigenvalue weighted by molar-refractivity contribution is -0.147. The Morgan fingerprint density at radius 1 is 1.26 bits per heavy atom. The number of fused-ring (bicyclic) bond motifs is 1. The second kappa shape index (κ2) is 8.40. The third-order valence-electron chi connectivity index (χ3n) is 4.86. The molecular weight excluding hydrogens is 376 g/mol. The predicted octanol–water partition coefficient (Wildman–Crippen LogP) is 5.57. The molecule has 0 amide bonds. The van der Waals surface area contributed by atoms with Gasteiger partial charge < -0.3 is 4.74 Å². The molecule has 1 fully saturated rings. The Balaban J connectivity index is 1.44. The highest BCUT2D eigenvalue weighted by molar-refractivity contribution is 8.00. The molecule has 2 atom stereocenters. The molecule has 27 heavy (non-hydrogen) atoms. The fourth-order valence-electron chi connectivity index (χ4n) is 3.53. The van der Waals surface area contributed by atoms with Crippen molar-refractivity contribution >= 4 is 39.3 Å². The summed E-state index contributed by atoms with van der Waals surface area (Å²) in [6.45, 7) is 2.23. The molecule has 0 aliphatic heterocycles. The predicted molar refractivity (Wildman–Crippen MR) is 111 cm³/mol. The summed E-state index contributed by atoms with van der Waals surface area (Å²) in [5, 5.41) is 1.85. The van der Waals surface area contributed by atoms with Crippen LogP contribution >= 0.6 is 23.1 Å². The molecule has 0 spiro atoms. The number of carbonyl (C=O) groups excluding carboxylic acids is 1. The van der Waals surface area contributed by atoms with Crippen LogP contribution in [-0.4, -0.2) is 27.8 Å². The Kier molecular flexibility index (Phi) is 5.74. The second-order valence-corrected chi connectivity index (χ2v) is 9.04. The van der Waals surface area contributed by atoms with Crippen LogP contribution in [0.1, 0.15) is 32.6 Å². The zero-order chi connectivity index (χ0) is 18.6. The van der Waals surface area contributed by atoms with Crippen LogP contribution < -0.4 is 0 Å². The van der Waals surface area contributed by atoms with Gasteiger partial charge in [-0.1, -0.05) is 55.4 Å². The number of hydrogen-bond donors (Lipinski definition) is 0. The van der Waals surface area contributed by atoms with Gasteiger partial charge in [-0.3, -0.25) is 4.79 Å². The lowest BCUT2D eigenvalue weighted by Gasteiger charge is -2.26. The van der Waals surface area contributed by atoms with Gasteiger partial charge >= 0.3 is 5.97 Å². The van der Waals surface area contributed by atoms with Gasteiger partial charge in [0.05, 0.1) is 5.75 Å². The van der Waals surface area contributed by atoms with Gasteiger partial charge in [-0.2, -0.15) is 0 Å². The summed E-state index contributed by atoms with van der Waals surface area (Å²) >= 11 is 3.08. The normalized spacial score (nSPS) is 19.9. The van der Waals surface area contributed by atoms with Crippen molar-refractivity contribution < 1.29 is 9.53 Å². The molecule has 3 aromatic rings. The van der Waals surface area contributed by atoms with Crippen molar-refractivity contribution in [3.63, 3.8) is 0 Å². The SMILES string of the molecule is C[C@H]1CCC[C@H](OC(=O)CSc2ncnc3sc(-c4ccccc4)cc23)C1. The van der Waals surface area contributed by atoms with Crippen molar-refractivity contribution in [1.29, 1.82) is 0 Å². The summed E-state index contributed by atoms with van der Waals surface area (Å²) in [4.78, 5) is 23.2. The Hall–Kier alpha value is -1.92. The van der Waals surface area contributed by atoms with Crippen LogP contribution in [0.15, 0.2) is 47.8 Å².